The SMILES string of the molecule is CC(C)=CCC/C(C)=C/CCC(C)(O)C#C/C=C/C(C)(O)CC/C=C(\C)CCC=C(C)C. The Balaban J connectivity index is 4.50. The van der Waals surface area contributed by atoms with E-state index in [1.807, 2.05) is 0 Å². The highest BCUT2D eigenvalue weighted by Crippen LogP contribution is 2.17. The molecule has 0 spiro atoms. The molecule has 0 saturated heterocycles. The molecule has 2 heteroatoms. The first kappa shape index (κ1) is 30.2. The molecule has 0 aliphatic heterocycles. The second-order valence-corrected chi connectivity index (χ2v) is 10.1. The Hall–Kier alpha value is -1.82. The van der Waals surface area contributed by atoms with Gasteiger partial charge in [0.15, 0.2) is 0 Å². The van der Waals surface area contributed by atoms with Crippen LogP contribution in [0.25, 0.3) is 0 Å². The molecular formula is C30H48O2. The summed E-state index contributed by atoms with van der Waals surface area (Å²) in [6, 6.07) is 0. The maximum absolute atomic E-state index is 10.5. The second kappa shape index (κ2) is 15.9. The minimum absolute atomic E-state index is 0.598. The van der Waals surface area contributed by atoms with Gasteiger partial charge in [-0.2, -0.15) is 0 Å². The summed E-state index contributed by atoms with van der Waals surface area (Å²) in [7, 11) is 0. The fourth-order valence-electron chi connectivity index (χ4n) is 3.16. The van der Waals surface area contributed by atoms with E-state index in [0.29, 0.717) is 12.8 Å². The third-order valence-corrected chi connectivity index (χ3v) is 5.32. The first-order valence-electron chi connectivity index (χ1n) is 12.1. The van der Waals surface area contributed by atoms with E-state index < -0.39 is 11.2 Å². The maximum Gasteiger partial charge on any atom is 0.123 e. The fourth-order valence-corrected chi connectivity index (χ4v) is 3.16. The Morgan fingerprint density at radius 1 is 0.688 bits per heavy atom. The van der Waals surface area contributed by atoms with Crippen LogP contribution in [0.5, 0.6) is 0 Å². The van der Waals surface area contributed by atoms with E-state index >= 15 is 0 Å². The predicted octanol–water partition coefficient (Wildman–Crippen LogP) is 7.99. The number of aliphatic hydroxyl groups is 2. The van der Waals surface area contributed by atoms with E-state index in [9.17, 15) is 10.2 Å². The van der Waals surface area contributed by atoms with Crippen LogP contribution < -0.4 is 0 Å². The summed E-state index contributed by atoms with van der Waals surface area (Å²) in [6.07, 6.45) is 19.5. The van der Waals surface area contributed by atoms with Crippen LogP contribution in [-0.2, 0) is 0 Å². The molecule has 0 aromatic heterocycles. The molecule has 0 saturated carbocycles. The quantitative estimate of drug-likeness (QED) is 0.225. The topological polar surface area (TPSA) is 40.5 Å². The molecule has 2 atom stereocenters. The second-order valence-electron chi connectivity index (χ2n) is 10.1. The normalized spacial score (nSPS) is 16.1. The Kier molecular flexibility index (Phi) is 15.0. The van der Waals surface area contributed by atoms with Gasteiger partial charge in [0.1, 0.15) is 5.60 Å². The van der Waals surface area contributed by atoms with Gasteiger partial charge in [0.25, 0.3) is 0 Å². The average molecular weight is 441 g/mol. The van der Waals surface area contributed by atoms with Crippen LogP contribution in [0.2, 0.25) is 0 Å². The molecule has 0 fully saturated rings. The smallest absolute Gasteiger partial charge is 0.123 e. The molecule has 2 unspecified atom stereocenters. The lowest BCUT2D eigenvalue weighted by Gasteiger charge is -2.17. The van der Waals surface area contributed by atoms with Crippen molar-refractivity contribution >= 4 is 0 Å². The van der Waals surface area contributed by atoms with Gasteiger partial charge in [0.05, 0.1) is 5.60 Å². The summed E-state index contributed by atoms with van der Waals surface area (Å²) in [5, 5.41) is 21.0. The summed E-state index contributed by atoms with van der Waals surface area (Å²) in [4.78, 5) is 0. The van der Waals surface area contributed by atoms with Gasteiger partial charge in [0, 0.05) is 0 Å². The van der Waals surface area contributed by atoms with Crippen molar-refractivity contribution in [3.05, 3.63) is 58.7 Å². The molecule has 0 amide bonds. The van der Waals surface area contributed by atoms with Crippen molar-refractivity contribution in [3.63, 3.8) is 0 Å². The van der Waals surface area contributed by atoms with E-state index in [1.165, 1.54) is 22.3 Å². The molecule has 0 bridgehead atoms. The zero-order valence-electron chi connectivity index (χ0n) is 22.0. The van der Waals surface area contributed by atoms with Gasteiger partial charge in [-0.3, -0.25) is 0 Å². The van der Waals surface area contributed by atoms with E-state index in [1.54, 1.807) is 26.0 Å². The molecule has 0 radical (unpaired) electrons. The maximum atomic E-state index is 10.5. The highest BCUT2D eigenvalue weighted by atomic mass is 16.3. The Morgan fingerprint density at radius 3 is 1.62 bits per heavy atom. The van der Waals surface area contributed by atoms with Gasteiger partial charge < -0.3 is 10.2 Å². The number of hydrogen-bond donors (Lipinski definition) is 2. The number of allylic oxidation sites excluding steroid dienone is 9. The number of hydrogen-bond acceptors (Lipinski definition) is 2. The summed E-state index contributed by atoms with van der Waals surface area (Å²) in [5.41, 5.74) is 3.49. The molecule has 0 heterocycles. The van der Waals surface area contributed by atoms with Gasteiger partial charge >= 0.3 is 0 Å². The minimum atomic E-state index is -1.03. The molecule has 0 aromatic rings. The zero-order chi connectivity index (χ0) is 24.6. The van der Waals surface area contributed by atoms with Crippen LogP contribution in [-0.4, -0.2) is 21.4 Å². The monoisotopic (exact) mass is 440 g/mol. The molecule has 2 N–H and O–H groups in total. The van der Waals surface area contributed by atoms with Crippen LogP contribution in [0, 0.1) is 11.8 Å². The lowest BCUT2D eigenvalue weighted by molar-refractivity contribution is 0.103. The van der Waals surface area contributed by atoms with Crippen LogP contribution >= 0.6 is 0 Å². The van der Waals surface area contributed by atoms with Crippen molar-refractivity contribution in [1.82, 2.24) is 0 Å². The van der Waals surface area contributed by atoms with Crippen molar-refractivity contribution in [3.8, 4) is 11.8 Å². The summed E-state index contributed by atoms with van der Waals surface area (Å²) < 4.78 is 0. The van der Waals surface area contributed by atoms with Gasteiger partial charge in [-0.05, 0) is 119 Å². The minimum Gasteiger partial charge on any atom is -0.386 e. The highest BCUT2D eigenvalue weighted by Gasteiger charge is 2.16. The summed E-state index contributed by atoms with van der Waals surface area (Å²) >= 11 is 0. The molecule has 2 nitrogen and oxygen atoms in total. The summed E-state index contributed by atoms with van der Waals surface area (Å²) in [5.74, 6) is 5.83. The Labute approximate surface area is 198 Å². The molecule has 0 aliphatic rings. The standard InChI is InChI=1S/C30H48O2/c1-25(2)15-11-17-27(5)19-13-23-29(7,31)21-9-10-22-30(8,32)24-14-20-28(6)18-12-16-26(3)4/h9,15-16,19-21,31-32H,11-14,17-18,23-24H2,1-8H3/b21-9+,27-19+,28-20+. The van der Waals surface area contributed by atoms with Crippen molar-refractivity contribution in [2.45, 2.75) is 118 Å². The van der Waals surface area contributed by atoms with Gasteiger partial charge in [-0.25, -0.2) is 0 Å². The molecule has 180 valence electrons. The fraction of sp³-hybridized carbons (Fsp3) is 0.600. The first-order valence-corrected chi connectivity index (χ1v) is 12.1. The van der Waals surface area contributed by atoms with E-state index in [2.05, 4.69) is 77.7 Å². The van der Waals surface area contributed by atoms with E-state index in [-0.39, 0.29) is 0 Å². The van der Waals surface area contributed by atoms with Crippen LogP contribution in [0.1, 0.15) is 107 Å². The van der Waals surface area contributed by atoms with E-state index in [0.717, 1.165) is 38.5 Å². The third kappa shape index (κ3) is 18.9. The van der Waals surface area contributed by atoms with Crippen molar-refractivity contribution in [2.75, 3.05) is 0 Å². The van der Waals surface area contributed by atoms with Crippen LogP contribution in [0.15, 0.2) is 58.7 Å². The van der Waals surface area contributed by atoms with Crippen molar-refractivity contribution < 1.29 is 10.2 Å². The van der Waals surface area contributed by atoms with Crippen LogP contribution in [0.4, 0.5) is 0 Å². The molecule has 0 aromatic carbocycles. The average Bonchev–Trinajstić information content (AvgIpc) is 2.64. The van der Waals surface area contributed by atoms with Crippen molar-refractivity contribution in [1.29, 1.82) is 0 Å². The lowest BCUT2D eigenvalue weighted by atomic mass is 9.97. The van der Waals surface area contributed by atoms with Crippen molar-refractivity contribution in [2.24, 2.45) is 0 Å². The summed E-state index contributed by atoms with van der Waals surface area (Å²) in [6.45, 7) is 16.3. The predicted molar refractivity (Wildman–Crippen MR) is 141 cm³/mol. The highest BCUT2D eigenvalue weighted by molar-refractivity contribution is 5.23. The third-order valence-electron chi connectivity index (χ3n) is 5.32. The Morgan fingerprint density at radius 2 is 1.16 bits per heavy atom. The van der Waals surface area contributed by atoms with Gasteiger partial charge in [0.2, 0.25) is 0 Å². The number of rotatable bonds is 13. The molecule has 32 heavy (non-hydrogen) atoms. The molecule has 0 rings (SSSR count). The molecular weight excluding hydrogens is 392 g/mol. The van der Waals surface area contributed by atoms with Gasteiger partial charge in [-0.1, -0.05) is 58.4 Å². The largest absolute Gasteiger partial charge is 0.386 e. The Bertz CT molecular complexity index is 750. The lowest BCUT2D eigenvalue weighted by Crippen LogP contribution is -2.21. The first-order chi connectivity index (χ1) is 14.8. The van der Waals surface area contributed by atoms with E-state index in [4.69, 9.17) is 0 Å². The van der Waals surface area contributed by atoms with Crippen LogP contribution in [0.3, 0.4) is 0 Å². The molecule has 0 aliphatic carbocycles. The van der Waals surface area contributed by atoms with Gasteiger partial charge in [-0.15, -0.1) is 0 Å². The zero-order valence-corrected chi connectivity index (χ0v) is 22.0.